The van der Waals surface area contributed by atoms with E-state index < -0.39 is 0 Å². The van der Waals surface area contributed by atoms with E-state index in [1.807, 2.05) is 0 Å². The van der Waals surface area contributed by atoms with Crippen LogP contribution < -0.4 is 0 Å². The van der Waals surface area contributed by atoms with Gasteiger partial charge < -0.3 is 9.47 Å². The third-order valence-corrected chi connectivity index (χ3v) is 15.2. The average molecular weight is 569 g/mol. The summed E-state index contributed by atoms with van der Waals surface area (Å²) in [6, 6.07) is 0. The molecule has 5 aliphatic carbocycles. The van der Waals surface area contributed by atoms with Crippen LogP contribution in [0.4, 0.5) is 0 Å². The quantitative estimate of drug-likeness (QED) is 0.227. The predicted octanol–water partition coefficient (Wildman–Crippen LogP) is 9.17. The fraction of sp³-hybridized carbons (Fsp3) is 0.892. The molecule has 0 aromatic carbocycles. The summed E-state index contributed by atoms with van der Waals surface area (Å²) in [7, 11) is 0. The Balaban J connectivity index is 1.50. The number of rotatable bonds is 7. The summed E-state index contributed by atoms with van der Waals surface area (Å²) < 4.78 is 11.3. The summed E-state index contributed by atoms with van der Waals surface area (Å²) in [6.07, 6.45) is 15.2. The van der Waals surface area contributed by atoms with Gasteiger partial charge in [0.2, 0.25) is 0 Å². The first-order valence-corrected chi connectivity index (χ1v) is 17.1. The smallest absolute Gasteiger partial charge is 0.302 e. The number of fused-ring (bicyclic) bond motifs is 7. The second-order valence-corrected chi connectivity index (χ2v) is 16.6. The Hall–Kier alpha value is -1.32. The lowest BCUT2D eigenvalue weighted by molar-refractivity contribution is -0.247. The van der Waals surface area contributed by atoms with Crippen LogP contribution in [0, 0.1) is 62.6 Å². The summed E-state index contributed by atoms with van der Waals surface area (Å²) >= 11 is 0. The maximum Gasteiger partial charge on any atom is 0.302 e. The van der Waals surface area contributed by atoms with E-state index in [-0.39, 0.29) is 22.8 Å². The highest BCUT2D eigenvalue weighted by atomic mass is 16.5. The van der Waals surface area contributed by atoms with Gasteiger partial charge in [-0.2, -0.15) is 0 Å². The van der Waals surface area contributed by atoms with Crippen molar-refractivity contribution in [2.75, 3.05) is 13.2 Å². The molecule has 5 aliphatic rings. The standard InChI is InChI=1S/C37H60O4/c1-10-16-33(6)25(3)13-17-34(7)30(33)15-18-36(9)31(34)12-11-29-32-28(24(2)22-40-26(4)38)14-19-37(32,23-41-27(5)39)21-20-35(29,36)8/h25,28-32H,2,10-23H2,1,3-9H3. The summed E-state index contributed by atoms with van der Waals surface area (Å²) in [5.74, 6) is 3.34. The molecule has 0 aromatic rings. The number of carbonyl (C=O) groups excluding carboxylic acids is 2. The lowest BCUT2D eigenvalue weighted by atomic mass is 9.31. The van der Waals surface area contributed by atoms with E-state index in [0.717, 1.165) is 42.6 Å². The van der Waals surface area contributed by atoms with Gasteiger partial charge in [-0.15, -0.1) is 0 Å². The van der Waals surface area contributed by atoms with E-state index in [0.29, 0.717) is 47.2 Å². The molecule has 0 spiro atoms. The van der Waals surface area contributed by atoms with Crippen molar-refractivity contribution in [1.29, 1.82) is 0 Å². The molecule has 0 aromatic heterocycles. The van der Waals surface area contributed by atoms with Crippen molar-refractivity contribution in [2.24, 2.45) is 62.6 Å². The number of carbonyl (C=O) groups is 2. The monoisotopic (exact) mass is 568 g/mol. The maximum absolute atomic E-state index is 12.0. The molecule has 4 nitrogen and oxygen atoms in total. The number of hydrogen-bond donors (Lipinski definition) is 0. The second-order valence-electron chi connectivity index (χ2n) is 16.6. The normalized spacial score (nSPS) is 48.7. The van der Waals surface area contributed by atoms with Crippen LogP contribution in [0.1, 0.15) is 132 Å². The van der Waals surface area contributed by atoms with Crippen LogP contribution in [0.3, 0.4) is 0 Å². The van der Waals surface area contributed by atoms with Gasteiger partial charge in [-0.1, -0.05) is 54.5 Å². The Labute approximate surface area is 251 Å². The summed E-state index contributed by atoms with van der Waals surface area (Å²) in [4.78, 5) is 23.7. The molecule has 0 saturated heterocycles. The molecule has 4 heteroatoms. The molecule has 5 saturated carbocycles. The van der Waals surface area contributed by atoms with Crippen LogP contribution >= 0.6 is 0 Å². The van der Waals surface area contributed by atoms with E-state index in [1.54, 1.807) is 6.92 Å². The van der Waals surface area contributed by atoms with Crippen molar-refractivity contribution in [2.45, 2.75) is 132 Å². The van der Waals surface area contributed by atoms with Gasteiger partial charge in [0.25, 0.3) is 0 Å². The Morgan fingerprint density at radius 1 is 0.805 bits per heavy atom. The van der Waals surface area contributed by atoms with E-state index in [9.17, 15) is 9.59 Å². The predicted molar refractivity (Wildman–Crippen MR) is 165 cm³/mol. The van der Waals surface area contributed by atoms with Gasteiger partial charge in [-0.3, -0.25) is 9.59 Å². The number of hydrogen-bond acceptors (Lipinski definition) is 4. The maximum atomic E-state index is 12.0. The van der Waals surface area contributed by atoms with Crippen LogP contribution in [-0.2, 0) is 19.1 Å². The van der Waals surface area contributed by atoms with Crippen LogP contribution in [-0.4, -0.2) is 25.2 Å². The lowest BCUT2D eigenvalue weighted by Gasteiger charge is -2.73. The zero-order valence-corrected chi connectivity index (χ0v) is 27.7. The molecule has 41 heavy (non-hydrogen) atoms. The Kier molecular flexibility index (Phi) is 8.11. The minimum atomic E-state index is -0.237. The lowest BCUT2D eigenvalue weighted by Crippen LogP contribution is -2.66. The molecule has 0 bridgehead atoms. The Morgan fingerprint density at radius 2 is 1.51 bits per heavy atom. The van der Waals surface area contributed by atoms with Crippen LogP contribution in [0.2, 0.25) is 0 Å². The van der Waals surface area contributed by atoms with Gasteiger partial charge in [0.05, 0.1) is 6.61 Å². The zero-order chi connectivity index (χ0) is 30.0. The fourth-order valence-electron chi connectivity index (χ4n) is 12.9. The van der Waals surface area contributed by atoms with E-state index in [1.165, 1.54) is 64.7 Å². The fourth-order valence-corrected chi connectivity index (χ4v) is 12.9. The topological polar surface area (TPSA) is 52.6 Å². The molecule has 0 heterocycles. The van der Waals surface area contributed by atoms with Gasteiger partial charge in [0.1, 0.15) is 6.61 Å². The molecule has 11 atom stereocenters. The highest BCUT2D eigenvalue weighted by Gasteiger charge is 2.71. The molecule has 11 unspecified atom stereocenters. The summed E-state index contributed by atoms with van der Waals surface area (Å²) in [5, 5.41) is 0. The van der Waals surface area contributed by atoms with Gasteiger partial charge in [-0.25, -0.2) is 0 Å². The SMILES string of the molecule is C=C(COC(C)=O)C1CCC2(COC(C)=O)CCC3(C)C(CCC4C5(C)CCC(C)C(C)(CCC)C5CCC43C)C12. The van der Waals surface area contributed by atoms with Crippen molar-refractivity contribution in [3.05, 3.63) is 12.2 Å². The second kappa shape index (κ2) is 10.7. The number of esters is 2. The first-order valence-electron chi connectivity index (χ1n) is 17.1. The van der Waals surface area contributed by atoms with E-state index in [2.05, 4.69) is 48.1 Å². The summed E-state index contributed by atoms with van der Waals surface area (Å²) in [6.45, 7) is 24.1. The average Bonchev–Trinajstić information content (AvgIpc) is 3.29. The van der Waals surface area contributed by atoms with Crippen LogP contribution in [0.5, 0.6) is 0 Å². The molecular formula is C37H60O4. The van der Waals surface area contributed by atoms with Gasteiger partial charge in [-0.05, 0) is 133 Å². The molecule has 0 amide bonds. The third-order valence-electron chi connectivity index (χ3n) is 15.2. The molecule has 5 fully saturated rings. The molecule has 0 N–H and O–H groups in total. The zero-order valence-electron chi connectivity index (χ0n) is 27.7. The largest absolute Gasteiger partial charge is 0.465 e. The van der Waals surface area contributed by atoms with E-state index in [4.69, 9.17) is 9.47 Å². The summed E-state index contributed by atoms with van der Waals surface area (Å²) in [5.41, 5.74) is 2.52. The van der Waals surface area contributed by atoms with Gasteiger partial charge >= 0.3 is 11.9 Å². The third kappa shape index (κ3) is 4.57. The first-order chi connectivity index (χ1) is 19.2. The van der Waals surface area contributed by atoms with Crippen molar-refractivity contribution in [3.63, 3.8) is 0 Å². The van der Waals surface area contributed by atoms with Gasteiger partial charge in [0.15, 0.2) is 0 Å². The molecule has 232 valence electrons. The van der Waals surface area contributed by atoms with E-state index >= 15 is 0 Å². The highest BCUT2D eigenvalue weighted by Crippen LogP contribution is 2.78. The van der Waals surface area contributed by atoms with Crippen molar-refractivity contribution in [3.8, 4) is 0 Å². The minimum Gasteiger partial charge on any atom is -0.465 e. The highest BCUT2D eigenvalue weighted by molar-refractivity contribution is 5.66. The first kappa shape index (κ1) is 31.1. The molecule has 0 aliphatic heterocycles. The van der Waals surface area contributed by atoms with Gasteiger partial charge in [0, 0.05) is 19.3 Å². The molecular weight excluding hydrogens is 508 g/mol. The number of ether oxygens (including phenoxy) is 2. The van der Waals surface area contributed by atoms with Crippen molar-refractivity contribution >= 4 is 11.9 Å². The Morgan fingerprint density at radius 3 is 2.17 bits per heavy atom. The van der Waals surface area contributed by atoms with Crippen LogP contribution in [0.15, 0.2) is 12.2 Å². The molecule has 0 radical (unpaired) electrons. The van der Waals surface area contributed by atoms with Crippen molar-refractivity contribution < 1.29 is 19.1 Å². The van der Waals surface area contributed by atoms with Crippen LogP contribution in [0.25, 0.3) is 0 Å². The molecule has 5 rings (SSSR count). The van der Waals surface area contributed by atoms with Crippen molar-refractivity contribution in [1.82, 2.24) is 0 Å². The Bertz CT molecular complexity index is 1050. The minimum absolute atomic E-state index is 0.0178.